The van der Waals surface area contributed by atoms with E-state index in [2.05, 4.69) is 0 Å². The zero-order valence-electron chi connectivity index (χ0n) is 21.4. The van der Waals surface area contributed by atoms with Crippen LogP contribution >= 0.6 is 17.7 Å². The summed E-state index contributed by atoms with van der Waals surface area (Å²) in [4.78, 5) is 27.8. The van der Waals surface area contributed by atoms with E-state index in [0.29, 0.717) is 57.2 Å². The number of carbonyl (C=O) groups is 2. The van der Waals surface area contributed by atoms with Crippen molar-refractivity contribution in [2.75, 3.05) is 46.7 Å². The summed E-state index contributed by atoms with van der Waals surface area (Å²) in [5, 5.41) is -1.03. The Kier molecular flexibility index (Phi) is 8.88. The number of benzene rings is 2. The summed E-state index contributed by atoms with van der Waals surface area (Å²) in [6, 6.07) is 14.7. The molecule has 2 aromatic carbocycles. The van der Waals surface area contributed by atoms with E-state index >= 15 is 0 Å². The van der Waals surface area contributed by atoms with Gasteiger partial charge in [-0.3, -0.25) is 9.59 Å². The lowest BCUT2D eigenvalue weighted by Crippen LogP contribution is -2.47. The van der Waals surface area contributed by atoms with Gasteiger partial charge in [-0.2, -0.15) is 0 Å². The highest BCUT2D eigenvalue weighted by molar-refractivity contribution is 8.58. The molecule has 0 spiro atoms. The quantitative estimate of drug-likeness (QED) is 0.456. The minimum Gasteiger partial charge on any atom is -0.497 e. The molecular weight excluding hydrogens is 511 g/mol. The number of likely N-dealkylation sites (tertiary alicyclic amines) is 1. The Balaban J connectivity index is 1.26. The number of primary amides is 1. The standard InChI is InChI=1S/C27H35N2O6PS/c1-33-22-5-3-21(4-6-22)25(30)29-15-11-20(12-16-29)19-35-23-7-9-24(10-8-23)37-36(2,32)27(26(28)31)13-17-34-18-14-27/h3-10,20H,11-19H2,1-2H3,(H2,28,31). The van der Waals surface area contributed by atoms with Crippen molar-refractivity contribution in [3.05, 3.63) is 54.1 Å². The van der Waals surface area contributed by atoms with Crippen LogP contribution in [0.1, 0.15) is 36.0 Å². The van der Waals surface area contributed by atoms with Crippen molar-refractivity contribution < 1.29 is 28.4 Å². The molecule has 2 aromatic rings. The lowest BCUT2D eigenvalue weighted by atomic mass is 9.97. The molecule has 37 heavy (non-hydrogen) atoms. The Hall–Kier alpha value is -2.48. The largest absolute Gasteiger partial charge is 0.497 e. The van der Waals surface area contributed by atoms with Gasteiger partial charge in [-0.05, 0) is 86.8 Å². The fourth-order valence-corrected chi connectivity index (χ4v) is 10.0. The van der Waals surface area contributed by atoms with Crippen LogP contribution in [0.3, 0.4) is 0 Å². The van der Waals surface area contributed by atoms with Crippen LogP contribution < -0.4 is 15.2 Å². The number of nitrogens with zero attached hydrogens (tertiary/aromatic N) is 1. The van der Waals surface area contributed by atoms with E-state index in [1.165, 1.54) is 11.4 Å². The Labute approximate surface area is 222 Å². The van der Waals surface area contributed by atoms with Crippen molar-refractivity contribution in [1.82, 2.24) is 4.90 Å². The first-order valence-electron chi connectivity index (χ1n) is 12.6. The molecule has 0 saturated carbocycles. The first kappa shape index (κ1) is 27.6. The van der Waals surface area contributed by atoms with Crippen molar-refractivity contribution in [2.45, 2.75) is 35.7 Å². The second-order valence-electron chi connectivity index (χ2n) is 9.69. The lowest BCUT2D eigenvalue weighted by molar-refractivity contribution is -0.122. The molecule has 4 rings (SSSR count). The number of carbonyl (C=O) groups excluding carboxylic acids is 2. The van der Waals surface area contributed by atoms with Gasteiger partial charge in [-0.1, -0.05) is 11.4 Å². The predicted octanol–water partition coefficient (Wildman–Crippen LogP) is 4.66. The van der Waals surface area contributed by atoms with Crippen LogP contribution in [-0.2, 0) is 14.1 Å². The van der Waals surface area contributed by atoms with E-state index < -0.39 is 17.4 Å². The zero-order chi connectivity index (χ0) is 26.5. The molecule has 0 aliphatic carbocycles. The molecule has 1 atom stereocenters. The first-order valence-corrected chi connectivity index (χ1v) is 16.1. The molecule has 2 aliphatic rings. The molecule has 0 aromatic heterocycles. The predicted molar refractivity (Wildman–Crippen MR) is 145 cm³/mol. The summed E-state index contributed by atoms with van der Waals surface area (Å²) < 4.78 is 30.2. The molecule has 8 nitrogen and oxygen atoms in total. The molecule has 2 aliphatic heterocycles. The Bertz CT molecular complexity index is 1130. The van der Waals surface area contributed by atoms with Crippen molar-refractivity contribution >= 4 is 29.5 Å². The highest BCUT2D eigenvalue weighted by Gasteiger charge is 2.51. The monoisotopic (exact) mass is 546 g/mol. The van der Waals surface area contributed by atoms with E-state index in [0.717, 1.165) is 29.2 Å². The molecule has 0 radical (unpaired) electrons. The van der Waals surface area contributed by atoms with Gasteiger partial charge in [0.1, 0.15) is 16.7 Å². The first-order chi connectivity index (χ1) is 17.7. The van der Waals surface area contributed by atoms with Gasteiger partial charge in [-0.15, -0.1) is 0 Å². The van der Waals surface area contributed by atoms with Crippen molar-refractivity contribution in [1.29, 1.82) is 0 Å². The van der Waals surface area contributed by atoms with Crippen LogP contribution in [0.15, 0.2) is 53.4 Å². The van der Waals surface area contributed by atoms with Crippen LogP contribution in [0.25, 0.3) is 0 Å². The van der Waals surface area contributed by atoms with E-state index in [1.807, 2.05) is 29.2 Å². The minimum atomic E-state index is -2.99. The number of piperidine rings is 1. The van der Waals surface area contributed by atoms with Crippen molar-refractivity contribution in [3.8, 4) is 11.5 Å². The van der Waals surface area contributed by atoms with E-state index in [-0.39, 0.29) is 5.91 Å². The van der Waals surface area contributed by atoms with Gasteiger partial charge >= 0.3 is 0 Å². The van der Waals surface area contributed by atoms with E-state index in [4.69, 9.17) is 19.9 Å². The second-order valence-corrected chi connectivity index (χ2v) is 15.5. The van der Waals surface area contributed by atoms with E-state index in [9.17, 15) is 14.2 Å². The maximum atomic E-state index is 13.7. The molecule has 200 valence electrons. The van der Waals surface area contributed by atoms with Gasteiger partial charge < -0.3 is 29.4 Å². The number of amides is 2. The van der Waals surface area contributed by atoms with Gasteiger partial charge in [0.05, 0.1) is 13.7 Å². The fraction of sp³-hybridized carbons (Fsp3) is 0.481. The highest BCUT2D eigenvalue weighted by Crippen LogP contribution is 2.70. The maximum Gasteiger partial charge on any atom is 0.253 e. The second kappa shape index (κ2) is 11.9. The summed E-state index contributed by atoms with van der Waals surface area (Å²) >= 11 is 1.24. The highest BCUT2D eigenvalue weighted by atomic mass is 32.7. The van der Waals surface area contributed by atoms with Crippen molar-refractivity contribution in [2.24, 2.45) is 11.7 Å². The number of methoxy groups -OCH3 is 1. The number of hydrogen-bond donors (Lipinski definition) is 1. The fourth-order valence-electron chi connectivity index (χ4n) is 4.88. The summed E-state index contributed by atoms with van der Waals surface area (Å²) in [6.07, 6.45) is -0.454. The number of rotatable bonds is 9. The van der Waals surface area contributed by atoms with Gasteiger partial charge in [-0.25, -0.2) is 0 Å². The zero-order valence-corrected chi connectivity index (χ0v) is 23.1. The van der Waals surface area contributed by atoms with Crippen LogP contribution in [-0.4, -0.2) is 68.6 Å². The topological polar surface area (TPSA) is 108 Å². The van der Waals surface area contributed by atoms with Gasteiger partial charge in [0.15, 0.2) is 6.34 Å². The third-order valence-corrected chi connectivity index (χ3v) is 13.2. The average Bonchev–Trinajstić information content (AvgIpc) is 2.92. The van der Waals surface area contributed by atoms with Crippen LogP contribution in [0.4, 0.5) is 0 Å². The Morgan fingerprint density at radius 3 is 2.22 bits per heavy atom. The molecule has 2 N–H and O–H groups in total. The molecule has 2 fully saturated rings. The molecule has 2 heterocycles. The molecule has 2 saturated heterocycles. The smallest absolute Gasteiger partial charge is 0.253 e. The third-order valence-electron chi connectivity index (χ3n) is 7.38. The summed E-state index contributed by atoms with van der Waals surface area (Å²) in [5.74, 6) is 1.38. The van der Waals surface area contributed by atoms with E-state index in [1.54, 1.807) is 38.0 Å². The van der Waals surface area contributed by atoms with Crippen LogP contribution in [0, 0.1) is 5.92 Å². The van der Waals surface area contributed by atoms with Crippen LogP contribution in [0.5, 0.6) is 11.5 Å². The number of ether oxygens (including phenoxy) is 3. The number of nitrogens with two attached hydrogens (primary N) is 1. The summed E-state index contributed by atoms with van der Waals surface area (Å²) in [6.45, 7) is 4.42. The minimum absolute atomic E-state index is 0.0437. The van der Waals surface area contributed by atoms with Crippen molar-refractivity contribution in [3.63, 3.8) is 0 Å². The molecule has 0 bridgehead atoms. The van der Waals surface area contributed by atoms with Gasteiger partial charge in [0.2, 0.25) is 5.91 Å². The summed E-state index contributed by atoms with van der Waals surface area (Å²) in [5.41, 5.74) is 6.39. The number of hydrogen-bond acceptors (Lipinski definition) is 7. The van der Waals surface area contributed by atoms with Gasteiger partial charge in [0, 0.05) is 36.8 Å². The summed E-state index contributed by atoms with van der Waals surface area (Å²) in [7, 11) is 1.61. The molecule has 1 unspecified atom stereocenters. The lowest BCUT2D eigenvalue weighted by Gasteiger charge is -2.38. The molecule has 2 amide bonds. The molecular formula is C27H35N2O6PS. The SMILES string of the molecule is COc1ccc(C(=O)N2CCC(COc3ccc(SP(C)(=O)C4(C(N)=O)CCOCC4)cc3)CC2)cc1. The normalized spacial score (nSPS) is 19.6. The maximum absolute atomic E-state index is 13.7. The molecule has 10 heteroatoms. The third kappa shape index (κ3) is 6.33. The average molecular weight is 547 g/mol. The van der Waals surface area contributed by atoms with Gasteiger partial charge in [0.25, 0.3) is 5.91 Å². The Morgan fingerprint density at radius 1 is 1.05 bits per heavy atom. The van der Waals surface area contributed by atoms with Crippen LogP contribution in [0.2, 0.25) is 0 Å². The Morgan fingerprint density at radius 2 is 1.65 bits per heavy atom.